The summed E-state index contributed by atoms with van der Waals surface area (Å²) >= 11 is 0. The van der Waals surface area contributed by atoms with Crippen molar-refractivity contribution >= 4 is 11.4 Å². The summed E-state index contributed by atoms with van der Waals surface area (Å²) in [4.78, 5) is 0. The van der Waals surface area contributed by atoms with E-state index in [0.717, 1.165) is 49.9 Å². The van der Waals surface area contributed by atoms with Crippen LogP contribution < -0.4 is 0 Å². The Balaban J connectivity index is 0.00000149. The number of allylic oxidation sites excluding steroid dienone is 2. The first-order valence-corrected chi connectivity index (χ1v) is 39.1. The first-order valence-electron chi connectivity index (χ1n) is 39.1. The molecule has 1 aliphatic rings. The van der Waals surface area contributed by atoms with Crippen LogP contribution in [0, 0.1) is 13.8 Å². The SMILES string of the molecule is CCCCCc1cc(C2=CC=C(c3cc(CCCCC)c(CCCC)c(CCCCC)c3)[N+]2=[N-])cc(CCCCC)c1CCCC.[CH2-]CCCCCCCCCCCCCCCCCCC.[CH2-]CCCCCCCCCCCCCCCCCCC.[Pd+2]. The predicted molar refractivity (Wildman–Crippen MR) is 391 cm³/mol. The normalized spacial score (nSPS) is 12.0. The van der Waals surface area contributed by atoms with Gasteiger partial charge in [0.05, 0.1) is 0 Å². The molecular formula is C84H150N2Pd. The van der Waals surface area contributed by atoms with E-state index in [9.17, 15) is 5.53 Å². The molecule has 2 aromatic rings. The zero-order valence-electron chi connectivity index (χ0n) is 60.1. The molecule has 0 fully saturated rings. The van der Waals surface area contributed by atoms with Crippen molar-refractivity contribution in [3.8, 4) is 0 Å². The second-order valence-corrected chi connectivity index (χ2v) is 27.0. The molecule has 0 unspecified atom stereocenters. The van der Waals surface area contributed by atoms with E-state index in [1.54, 1.807) is 11.1 Å². The van der Waals surface area contributed by atoms with Gasteiger partial charge in [0.15, 0.2) is 0 Å². The van der Waals surface area contributed by atoms with Crippen molar-refractivity contribution in [2.75, 3.05) is 0 Å². The van der Waals surface area contributed by atoms with Gasteiger partial charge in [-0.05, 0) is 135 Å². The number of rotatable bonds is 58. The topological polar surface area (TPSA) is 25.3 Å². The van der Waals surface area contributed by atoms with Gasteiger partial charge in [-0.25, -0.2) is 4.70 Å². The van der Waals surface area contributed by atoms with Crippen molar-refractivity contribution in [1.82, 2.24) is 0 Å². The van der Waals surface area contributed by atoms with Gasteiger partial charge in [-0.15, -0.1) is 0 Å². The summed E-state index contributed by atoms with van der Waals surface area (Å²) in [6.07, 6.45) is 82.9. The third kappa shape index (κ3) is 44.4. The van der Waals surface area contributed by atoms with Gasteiger partial charge >= 0.3 is 20.4 Å². The first kappa shape index (κ1) is 85.2. The number of nitrogens with zero attached hydrogens (tertiary/aromatic N) is 2. The fourth-order valence-corrected chi connectivity index (χ4v) is 13.1. The Morgan fingerprint density at radius 2 is 0.437 bits per heavy atom. The molecule has 0 aromatic heterocycles. The molecule has 0 atom stereocenters. The molecule has 87 heavy (non-hydrogen) atoms. The Morgan fingerprint density at radius 1 is 0.253 bits per heavy atom. The first-order chi connectivity index (χ1) is 42.3. The van der Waals surface area contributed by atoms with Crippen LogP contribution in [0.2, 0.25) is 0 Å². The van der Waals surface area contributed by atoms with Gasteiger partial charge in [0.2, 0.25) is 11.4 Å². The summed E-state index contributed by atoms with van der Waals surface area (Å²) in [5.74, 6) is 0. The van der Waals surface area contributed by atoms with E-state index in [1.807, 2.05) is 0 Å². The fraction of sp³-hybridized carbons (Fsp3) is 0.786. The summed E-state index contributed by atoms with van der Waals surface area (Å²) in [7, 11) is 0. The third-order valence-corrected chi connectivity index (χ3v) is 18.8. The van der Waals surface area contributed by atoms with Crippen LogP contribution in [0.3, 0.4) is 0 Å². The van der Waals surface area contributed by atoms with E-state index < -0.39 is 0 Å². The summed E-state index contributed by atoms with van der Waals surface area (Å²) < 4.78 is 1.51. The van der Waals surface area contributed by atoms with Gasteiger partial charge in [0.25, 0.3) is 0 Å². The van der Waals surface area contributed by atoms with E-state index in [0.29, 0.717) is 0 Å². The maximum Gasteiger partial charge on any atom is 2.00 e. The molecule has 3 heteroatoms. The summed E-state index contributed by atoms with van der Waals surface area (Å²) in [5, 5.41) is 0. The van der Waals surface area contributed by atoms with Crippen LogP contribution in [0.25, 0.3) is 16.9 Å². The number of hydrogen-bond donors (Lipinski definition) is 0. The molecule has 1 heterocycles. The Labute approximate surface area is 561 Å². The molecule has 0 bridgehead atoms. The molecule has 3 rings (SSSR count). The van der Waals surface area contributed by atoms with Gasteiger partial charge in [-0.3, -0.25) is 0 Å². The summed E-state index contributed by atoms with van der Waals surface area (Å²) in [6, 6.07) is 9.71. The molecule has 1 aliphatic heterocycles. The van der Waals surface area contributed by atoms with Crippen molar-refractivity contribution in [1.29, 1.82) is 0 Å². The molecule has 0 saturated carbocycles. The molecule has 2 nitrogen and oxygen atoms in total. The quantitative estimate of drug-likeness (QED) is 0.0273. The van der Waals surface area contributed by atoms with Crippen molar-refractivity contribution < 1.29 is 25.1 Å². The number of hydrogen-bond acceptors (Lipinski definition) is 0. The monoisotopic (exact) mass is 1290 g/mol. The number of unbranched alkanes of at least 4 members (excludes halogenated alkanes) is 44. The van der Waals surface area contributed by atoms with Crippen LogP contribution in [0.1, 0.15) is 434 Å². The average molecular weight is 1290 g/mol. The van der Waals surface area contributed by atoms with Crippen LogP contribution in [0.15, 0.2) is 36.4 Å². The van der Waals surface area contributed by atoms with Crippen LogP contribution in [-0.4, -0.2) is 4.70 Å². The maximum absolute atomic E-state index is 11.9. The predicted octanol–water partition coefficient (Wildman–Crippen LogP) is 29.5. The van der Waals surface area contributed by atoms with Crippen LogP contribution in [0.5, 0.6) is 0 Å². The van der Waals surface area contributed by atoms with E-state index in [1.165, 1.54) is 372 Å². The number of benzene rings is 2. The molecule has 0 amide bonds. The van der Waals surface area contributed by atoms with Gasteiger partial charge in [0, 0.05) is 23.3 Å². The Morgan fingerprint density at radius 3 is 0.632 bits per heavy atom. The number of aryl methyl sites for hydroxylation is 4. The zero-order chi connectivity index (χ0) is 62.6. The van der Waals surface area contributed by atoms with Gasteiger partial charge in [-0.1, -0.05) is 338 Å². The smallest absolute Gasteiger partial charge is 0.493 e. The van der Waals surface area contributed by atoms with E-state index in [-0.39, 0.29) is 20.4 Å². The molecule has 2 aromatic carbocycles. The summed E-state index contributed by atoms with van der Waals surface area (Å²) in [5.41, 5.74) is 25.4. The molecule has 0 radical (unpaired) electrons. The van der Waals surface area contributed by atoms with Crippen molar-refractivity contribution in [3.63, 3.8) is 0 Å². The van der Waals surface area contributed by atoms with Crippen LogP contribution >= 0.6 is 0 Å². The molecule has 0 aliphatic carbocycles. The second-order valence-electron chi connectivity index (χ2n) is 27.0. The van der Waals surface area contributed by atoms with Crippen molar-refractivity contribution in [2.45, 2.75) is 428 Å². The Hall–Kier alpha value is -1.82. The summed E-state index contributed by atoms with van der Waals surface area (Å²) in [6.45, 7) is 26.2. The standard InChI is InChI=1S/C44H68N2.2C20H41.Pd/c1-7-13-19-23-35-31-39(32-36(24-20-14-8-2)41(35)27-17-11-5)43-29-30-44(46(43)45)40-33-37(25-21-15-9-3)42(28-18-12-6)38(34-40)26-22-16-10-4;2*1-3-5-7-9-11-13-15-17-19-20-18-16-14-12-10-8-6-4-2;/h29-34H,7-28H2,1-6H3;2*1,3-20H2,2H3;/q;2*-1;+2. The Kier molecular flexibility index (Phi) is 63.0. The minimum absolute atomic E-state index is 0. The second kappa shape index (κ2) is 64.3. The minimum atomic E-state index is 0. The third-order valence-electron chi connectivity index (χ3n) is 18.8. The van der Waals surface area contributed by atoms with Crippen molar-refractivity contribution in [2.24, 2.45) is 0 Å². The zero-order valence-corrected chi connectivity index (χ0v) is 61.7. The Bertz CT molecular complexity index is 1650. The maximum atomic E-state index is 11.9. The van der Waals surface area contributed by atoms with E-state index >= 15 is 0 Å². The molecule has 0 N–H and O–H groups in total. The molecule has 0 saturated heterocycles. The van der Waals surface area contributed by atoms with Gasteiger partial charge in [0.1, 0.15) is 0 Å². The molecule has 0 spiro atoms. The van der Waals surface area contributed by atoms with Gasteiger partial charge < -0.3 is 19.4 Å². The van der Waals surface area contributed by atoms with E-state index in [2.05, 4.69) is 106 Å². The van der Waals surface area contributed by atoms with E-state index in [4.69, 9.17) is 0 Å². The van der Waals surface area contributed by atoms with Crippen LogP contribution in [0.4, 0.5) is 0 Å². The molecular weight excluding hydrogens is 1140 g/mol. The average Bonchev–Trinajstić information content (AvgIpc) is 1.97. The van der Waals surface area contributed by atoms with Crippen LogP contribution in [-0.2, 0) is 58.9 Å². The van der Waals surface area contributed by atoms with Gasteiger partial charge in [-0.2, -0.15) is 12.8 Å². The minimum Gasteiger partial charge on any atom is -0.493 e. The molecule has 506 valence electrons. The van der Waals surface area contributed by atoms with Crippen molar-refractivity contribution in [3.05, 3.63) is 100 Å². The largest absolute Gasteiger partial charge is 2.00 e. The fourth-order valence-electron chi connectivity index (χ4n) is 13.1.